The number of nitrogens with zero attached hydrogens (tertiary/aromatic N) is 1. The minimum atomic E-state index is -5.03. The van der Waals surface area contributed by atoms with Crippen LogP contribution in [0.2, 0.25) is 5.15 Å². The van der Waals surface area contributed by atoms with Crippen molar-refractivity contribution in [3.63, 3.8) is 0 Å². The van der Waals surface area contributed by atoms with Crippen LogP contribution in [0.5, 0.6) is 5.88 Å². The largest absolute Gasteiger partial charge is 0.574 e. The fraction of sp³-hybridized carbons (Fsp3) is 0.300. The van der Waals surface area contributed by atoms with E-state index >= 15 is 0 Å². The summed E-state index contributed by atoms with van der Waals surface area (Å²) in [5, 5.41) is -0.283. The monoisotopic (exact) mass is 297 g/mol. The first-order chi connectivity index (χ1) is 8.73. The minimum absolute atomic E-state index is 0.283. The molecule has 9 heteroatoms. The lowest BCUT2D eigenvalue weighted by Crippen LogP contribution is -2.20. The standard InChI is InChI=1S/C10H7ClF3NO4/c1-18-8(17)4-6(16)5-2-3-7(11)15-9(5)19-10(12,13)14/h2-3H,4H2,1H3. The van der Waals surface area contributed by atoms with Gasteiger partial charge in [-0.2, -0.15) is 0 Å². The van der Waals surface area contributed by atoms with Crippen LogP contribution in [0.4, 0.5) is 13.2 Å². The van der Waals surface area contributed by atoms with Gasteiger partial charge in [0.15, 0.2) is 5.78 Å². The predicted octanol–water partition coefficient (Wildman–Crippen LogP) is 2.38. The third-order valence-electron chi connectivity index (χ3n) is 1.87. The van der Waals surface area contributed by atoms with Gasteiger partial charge in [-0.15, -0.1) is 13.2 Å². The third kappa shape index (κ3) is 4.74. The maximum Gasteiger partial charge on any atom is 0.574 e. The summed E-state index contributed by atoms with van der Waals surface area (Å²) in [6.07, 6.45) is -5.76. The number of halogens is 4. The molecule has 104 valence electrons. The Bertz CT molecular complexity index is 504. The van der Waals surface area contributed by atoms with E-state index in [1.54, 1.807) is 0 Å². The third-order valence-corrected chi connectivity index (χ3v) is 2.08. The molecule has 0 atom stereocenters. The molecule has 5 nitrogen and oxygen atoms in total. The van der Waals surface area contributed by atoms with Gasteiger partial charge in [0.25, 0.3) is 0 Å². The van der Waals surface area contributed by atoms with E-state index in [-0.39, 0.29) is 5.15 Å². The van der Waals surface area contributed by atoms with Crippen molar-refractivity contribution < 1.29 is 32.2 Å². The molecule has 0 spiro atoms. The predicted molar refractivity (Wildman–Crippen MR) is 56.9 cm³/mol. The topological polar surface area (TPSA) is 65.5 Å². The molecule has 0 radical (unpaired) electrons. The van der Waals surface area contributed by atoms with Gasteiger partial charge in [0, 0.05) is 0 Å². The molecule has 0 bridgehead atoms. The van der Waals surface area contributed by atoms with Gasteiger partial charge in [-0.3, -0.25) is 9.59 Å². The summed E-state index contributed by atoms with van der Waals surface area (Å²) in [6, 6.07) is 2.09. The Hall–Kier alpha value is -1.83. The lowest BCUT2D eigenvalue weighted by atomic mass is 10.1. The van der Waals surface area contributed by atoms with Crippen molar-refractivity contribution in [3.8, 4) is 5.88 Å². The van der Waals surface area contributed by atoms with Crippen LogP contribution < -0.4 is 4.74 Å². The second kappa shape index (κ2) is 5.87. The summed E-state index contributed by atoms with van der Waals surface area (Å²) in [5.74, 6) is -2.82. The molecule has 0 saturated carbocycles. The van der Waals surface area contributed by atoms with Crippen LogP contribution in [0.25, 0.3) is 0 Å². The van der Waals surface area contributed by atoms with E-state index in [0.717, 1.165) is 19.2 Å². The van der Waals surface area contributed by atoms with Crippen molar-refractivity contribution in [2.24, 2.45) is 0 Å². The van der Waals surface area contributed by atoms with Crippen molar-refractivity contribution in [3.05, 3.63) is 22.8 Å². The summed E-state index contributed by atoms with van der Waals surface area (Å²) in [4.78, 5) is 25.8. The Kier molecular flexibility index (Phi) is 4.71. The van der Waals surface area contributed by atoms with Crippen LogP contribution in [0, 0.1) is 0 Å². The van der Waals surface area contributed by atoms with Gasteiger partial charge in [0.2, 0.25) is 5.88 Å². The quantitative estimate of drug-likeness (QED) is 0.369. The molecule has 0 aromatic carbocycles. The SMILES string of the molecule is COC(=O)CC(=O)c1ccc(Cl)nc1OC(F)(F)F. The van der Waals surface area contributed by atoms with Crippen molar-refractivity contribution in [2.75, 3.05) is 7.11 Å². The Morgan fingerprint density at radius 1 is 1.37 bits per heavy atom. The van der Waals surface area contributed by atoms with Gasteiger partial charge < -0.3 is 9.47 Å². The minimum Gasteiger partial charge on any atom is -0.469 e. The smallest absolute Gasteiger partial charge is 0.469 e. The summed E-state index contributed by atoms with van der Waals surface area (Å²) in [6.45, 7) is 0. The lowest BCUT2D eigenvalue weighted by molar-refractivity contribution is -0.276. The molecule has 1 aromatic heterocycles. The van der Waals surface area contributed by atoms with Crippen molar-refractivity contribution >= 4 is 23.4 Å². The Morgan fingerprint density at radius 3 is 2.53 bits per heavy atom. The molecule has 0 aliphatic carbocycles. The molecule has 19 heavy (non-hydrogen) atoms. The van der Waals surface area contributed by atoms with Crippen molar-refractivity contribution in [1.29, 1.82) is 0 Å². The zero-order valence-corrected chi connectivity index (χ0v) is 10.2. The highest BCUT2D eigenvalue weighted by Gasteiger charge is 2.34. The number of carbonyl (C=O) groups excluding carboxylic acids is 2. The van der Waals surface area contributed by atoms with Gasteiger partial charge in [-0.05, 0) is 12.1 Å². The highest BCUT2D eigenvalue weighted by Crippen LogP contribution is 2.27. The number of hydrogen-bond acceptors (Lipinski definition) is 5. The average molecular weight is 298 g/mol. The fourth-order valence-electron chi connectivity index (χ4n) is 1.12. The van der Waals surface area contributed by atoms with Crippen molar-refractivity contribution in [2.45, 2.75) is 12.8 Å². The van der Waals surface area contributed by atoms with Gasteiger partial charge in [-0.25, -0.2) is 4.98 Å². The Balaban J connectivity index is 3.06. The summed E-state index contributed by atoms with van der Waals surface area (Å²) >= 11 is 5.42. The van der Waals surface area contributed by atoms with E-state index < -0.39 is 36.0 Å². The van der Waals surface area contributed by atoms with Gasteiger partial charge >= 0.3 is 12.3 Å². The molecule has 0 amide bonds. The van der Waals surface area contributed by atoms with Crippen LogP contribution >= 0.6 is 11.6 Å². The summed E-state index contributed by atoms with van der Waals surface area (Å²) in [5.41, 5.74) is -0.507. The normalized spacial score (nSPS) is 11.0. The van der Waals surface area contributed by atoms with Crippen LogP contribution in [0.15, 0.2) is 12.1 Å². The lowest BCUT2D eigenvalue weighted by Gasteiger charge is -2.11. The molecule has 0 aliphatic heterocycles. The van der Waals surface area contributed by atoms with Gasteiger partial charge in [-0.1, -0.05) is 11.6 Å². The number of ketones is 1. The first-order valence-corrected chi connectivity index (χ1v) is 5.13. The molecule has 1 aromatic rings. The molecule has 0 N–H and O–H groups in total. The first kappa shape index (κ1) is 15.2. The number of ether oxygens (including phenoxy) is 2. The number of pyridine rings is 1. The van der Waals surface area contributed by atoms with Gasteiger partial charge in [0.1, 0.15) is 11.6 Å². The van der Waals surface area contributed by atoms with Crippen LogP contribution in [0.1, 0.15) is 16.8 Å². The van der Waals surface area contributed by atoms with Crippen LogP contribution in [-0.2, 0) is 9.53 Å². The summed E-state index contributed by atoms with van der Waals surface area (Å²) < 4.78 is 44.2. The van der Waals surface area contributed by atoms with E-state index in [9.17, 15) is 22.8 Å². The van der Waals surface area contributed by atoms with E-state index in [1.807, 2.05) is 0 Å². The molecule has 0 fully saturated rings. The average Bonchev–Trinajstić information content (AvgIpc) is 2.26. The molecule has 0 aliphatic rings. The second-order valence-electron chi connectivity index (χ2n) is 3.21. The van der Waals surface area contributed by atoms with Gasteiger partial charge in [0.05, 0.1) is 12.7 Å². The van der Waals surface area contributed by atoms with Crippen LogP contribution in [-0.4, -0.2) is 30.2 Å². The van der Waals surface area contributed by atoms with E-state index in [2.05, 4.69) is 14.5 Å². The molecular weight excluding hydrogens is 291 g/mol. The Morgan fingerprint density at radius 2 is 2.00 bits per heavy atom. The fourth-order valence-corrected chi connectivity index (χ4v) is 1.26. The molecule has 0 unspecified atom stereocenters. The van der Waals surface area contributed by atoms with Crippen LogP contribution in [0.3, 0.4) is 0 Å². The molecule has 0 saturated heterocycles. The second-order valence-corrected chi connectivity index (χ2v) is 3.60. The molecule has 1 heterocycles. The Labute approximate surface area is 110 Å². The highest BCUT2D eigenvalue weighted by atomic mass is 35.5. The number of alkyl halides is 3. The van der Waals surface area contributed by atoms with E-state index in [1.165, 1.54) is 0 Å². The maximum absolute atomic E-state index is 12.1. The molecular formula is C10H7ClF3NO4. The zero-order chi connectivity index (χ0) is 14.6. The summed E-state index contributed by atoms with van der Waals surface area (Å²) in [7, 11) is 1.04. The number of carbonyl (C=O) groups is 2. The number of esters is 1. The highest BCUT2D eigenvalue weighted by molar-refractivity contribution is 6.29. The number of rotatable bonds is 4. The maximum atomic E-state index is 12.1. The number of methoxy groups -OCH3 is 1. The molecule has 1 rings (SSSR count). The number of hydrogen-bond donors (Lipinski definition) is 0. The van der Waals surface area contributed by atoms with E-state index in [4.69, 9.17) is 11.6 Å². The van der Waals surface area contributed by atoms with Crippen molar-refractivity contribution in [1.82, 2.24) is 4.98 Å². The number of Topliss-reactive ketones (excluding diaryl/α,β-unsaturated/α-hetero) is 1. The van der Waals surface area contributed by atoms with E-state index in [0.29, 0.717) is 0 Å². The number of aromatic nitrogens is 1. The first-order valence-electron chi connectivity index (χ1n) is 4.75. The zero-order valence-electron chi connectivity index (χ0n) is 9.45.